The number of hydrogen-bond acceptors (Lipinski definition) is 3. The molecule has 0 bridgehead atoms. The Balaban J connectivity index is 2.21. The Morgan fingerprint density at radius 3 is 2.47 bits per heavy atom. The van der Waals surface area contributed by atoms with Crippen molar-refractivity contribution in [1.29, 1.82) is 0 Å². The van der Waals surface area contributed by atoms with Crippen LogP contribution in [0.25, 0.3) is 0 Å². The van der Waals surface area contributed by atoms with Crippen LogP contribution >= 0.6 is 0 Å². The van der Waals surface area contributed by atoms with Crippen molar-refractivity contribution in [3.63, 3.8) is 0 Å². The summed E-state index contributed by atoms with van der Waals surface area (Å²) in [5, 5.41) is 0. The molecule has 2 N–H and O–H groups in total. The maximum atomic E-state index is 12.8. The van der Waals surface area contributed by atoms with Crippen LogP contribution in [0.15, 0.2) is 0 Å². The molecule has 1 amide bonds. The maximum absolute atomic E-state index is 12.8. The largest absolute Gasteiger partial charge is 0.338 e. The Kier molecular flexibility index (Phi) is 4.51. The summed E-state index contributed by atoms with van der Waals surface area (Å²) in [6.07, 6.45) is 5.68. The molecule has 2 rings (SSSR count). The lowest BCUT2D eigenvalue weighted by Gasteiger charge is -2.34. The molecule has 2 fully saturated rings. The van der Waals surface area contributed by atoms with Crippen LogP contribution in [-0.2, 0) is 4.79 Å². The van der Waals surface area contributed by atoms with Crippen molar-refractivity contribution in [2.45, 2.75) is 58.0 Å². The fraction of sp³-hybridized carbons (Fsp3) is 0.933. The Morgan fingerprint density at radius 2 is 1.89 bits per heavy atom. The third-order valence-electron chi connectivity index (χ3n) is 4.58. The summed E-state index contributed by atoms with van der Waals surface area (Å²) in [6, 6.07) is 0.450. The first-order valence-electron chi connectivity index (χ1n) is 7.65. The predicted molar refractivity (Wildman–Crippen MR) is 77.8 cm³/mol. The van der Waals surface area contributed by atoms with Gasteiger partial charge in [0.05, 0.1) is 6.04 Å². The van der Waals surface area contributed by atoms with Gasteiger partial charge in [-0.3, -0.25) is 9.69 Å². The first-order valence-corrected chi connectivity index (χ1v) is 7.65. The average Bonchev–Trinajstić information content (AvgIpc) is 2.82. The van der Waals surface area contributed by atoms with Crippen LogP contribution in [0.4, 0.5) is 0 Å². The molecule has 110 valence electrons. The highest BCUT2D eigenvalue weighted by Crippen LogP contribution is 2.31. The summed E-state index contributed by atoms with van der Waals surface area (Å²) < 4.78 is 0. The van der Waals surface area contributed by atoms with Gasteiger partial charge >= 0.3 is 0 Å². The van der Waals surface area contributed by atoms with Gasteiger partial charge in [-0.15, -0.1) is 0 Å². The number of likely N-dealkylation sites (N-methyl/N-ethyl adjacent to an activating group) is 1. The SMILES string of the molecule is CN1CC(C)(C)CN(C2CCCC2)C(=O)C1CCN. The minimum Gasteiger partial charge on any atom is -0.338 e. The second-order valence-corrected chi connectivity index (χ2v) is 7.08. The Labute approximate surface area is 117 Å². The van der Waals surface area contributed by atoms with Gasteiger partial charge in [0.25, 0.3) is 0 Å². The van der Waals surface area contributed by atoms with Crippen LogP contribution in [-0.4, -0.2) is 54.5 Å². The summed E-state index contributed by atoms with van der Waals surface area (Å²) in [6.45, 7) is 6.97. The first kappa shape index (κ1) is 14.8. The van der Waals surface area contributed by atoms with E-state index in [0.29, 0.717) is 18.5 Å². The van der Waals surface area contributed by atoms with Gasteiger partial charge in [-0.2, -0.15) is 0 Å². The van der Waals surface area contributed by atoms with Crippen molar-refractivity contribution in [3.05, 3.63) is 0 Å². The van der Waals surface area contributed by atoms with Crippen molar-refractivity contribution in [2.24, 2.45) is 11.1 Å². The van der Waals surface area contributed by atoms with Crippen molar-refractivity contribution in [1.82, 2.24) is 9.80 Å². The first-order chi connectivity index (χ1) is 8.94. The molecular formula is C15H29N3O. The van der Waals surface area contributed by atoms with Gasteiger partial charge in [0, 0.05) is 19.1 Å². The lowest BCUT2D eigenvalue weighted by atomic mass is 9.92. The van der Waals surface area contributed by atoms with Crippen LogP contribution in [0.3, 0.4) is 0 Å². The number of hydrogen-bond donors (Lipinski definition) is 1. The van der Waals surface area contributed by atoms with Gasteiger partial charge in [0.15, 0.2) is 0 Å². The van der Waals surface area contributed by atoms with Gasteiger partial charge in [-0.1, -0.05) is 26.7 Å². The fourth-order valence-electron chi connectivity index (χ4n) is 3.78. The Bertz CT molecular complexity index is 323. The van der Waals surface area contributed by atoms with Crippen LogP contribution < -0.4 is 5.73 Å². The molecule has 0 radical (unpaired) electrons. The van der Waals surface area contributed by atoms with E-state index >= 15 is 0 Å². The molecule has 1 unspecified atom stereocenters. The molecule has 4 heteroatoms. The van der Waals surface area contributed by atoms with Crippen LogP contribution in [0.2, 0.25) is 0 Å². The van der Waals surface area contributed by atoms with Crippen molar-refractivity contribution in [2.75, 3.05) is 26.7 Å². The number of carbonyl (C=O) groups is 1. The maximum Gasteiger partial charge on any atom is 0.240 e. The number of carbonyl (C=O) groups excluding carboxylic acids is 1. The summed E-state index contributed by atoms with van der Waals surface area (Å²) in [5.41, 5.74) is 5.87. The van der Waals surface area contributed by atoms with E-state index in [0.717, 1.165) is 19.5 Å². The smallest absolute Gasteiger partial charge is 0.240 e. The molecule has 1 atom stereocenters. The number of amides is 1. The molecule has 19 heavy (non-hydrogen) atoms. The van der Waals surface area contributed by atoms with E-state index in [2.05, 4.69) is 30.7 Å². The van der Waals surface area contributed by atoms with Gasteiger partial charge in [0.1, 0.15) is 0 Å². The van der Waals surface area contributed by atoms with E-state index in [1.807, 2.05) is 0 Å². The van der Waals surface area contributed by atoms with E-state index < -0.39 is 0 Å². The molecule has 1 saturated heterocycles. The lowest BCUT2D eigenvalue weighted by molar-refractivity contribution is -0.137. The predicted octanol–water partition coefficient (Wildman–Crippen LogP) is 1.45. The summed E-state index contributed by atoms with van der Waals surface area (Å²) in [7, 11) is 2.07. The molecule has 4 nitrogen and oxygen atoms in total. The van der Waals surface area contributed by atoms with Gasteiger partial charge < -0.3 is 10.6 Å². The van der Waals surface area contributed by atoms with E-state index in [-0.39, 0.29) is 11.5 Å². The quantitative estimate of drug-likeness (QED) is 0.842. The number of nitrogens with zero attached hydrogens (tertiary/aromatic N) is 2. The second-order valence-electron chi connectivity index (χ2n) is 7.08. The molecule has 0 aromatic heterocycles. The zero-order chi connectivity index (χ0) is 14.0. The van der Waals surface area contributed by atoms with E-state index in [4.69, 9.17) is 5.73 Å². The van der Waals surface area contributed by atoms with Gasteiger partial charge in [-0.25, -0.2) is 0 Å². The standard InChI is InChI=1S/C15H29N3O/c1-15(2)10-17(3)13(8-9-16)14(19)18(11-15)12-6-4-5-7-12/h12-13H,4-11,16H2,1-3H3. The molecule has 0 spiro atoms. The van der Waals surface area contributed by atoms with Crippen molar-refractivity contribution >= 4 is 5.91 Å². The molecule has 1 heterocycles. The zero-order valence-electron chi connectivity index (χ0n) is 12.7. The topological polar surface area (TPSA) is 49.6 Å². The van der Waals surface area contributed by atoms with E-state index in [9.17, 15) is 4.79 Å². The zero-order valence-corrected chi connectivity index (χ0v) is 12.7. The van der Waals surface area contributed by atoms with Crippen molar-refractivity contribution < 1.29 is 4.79 Å². The Morgan fingerprint density at radius 1 is 1.26 bits per heavy atom. The van der Waals surface area contributed by atoms with Crippen molar-refractivity contribution in [3.8, 4) is 0 Å². The van der Waals surface area contributed by atoms with Crippen LogP contribution in [0.5, 0.6) is 0 Å². The Hall–Kier alpha value is -0.610. The minimum atomic E-state index is -0.0209. The fourth-order valence-corrected chi connectivity index (χ4v) is 3.78. The summed E-state index contributed by atoms with van der Waals surface area (Å²) >= 11 is 0. The van der Waals surface area contributed by atoms with E-state index in [1.165, 1.54) is 25.7 Å². The monoisotopic (exact) mass is 267 g/mol. The number of nitrogens with two attached hydrogens (primary N) is 1. The molecule has 0 aromatic rings. The molecule has 0 aromatic carbocycles. The molecule has 2 aliphatic rings. The molecule has 1 saturated carbocycles. The number of rotatable bonds is 3. The average molecular weight is 267 g/mol. The van der Waals surface area contributed by atoms with Crippen LogP contribution in [0, 0.1) is 5.41 Å². The highest BCUT2D eigenvalue weighted by Gasteiger charge is 2.40. The third kappa shape index (κ3) is 3.29. The molecule has 1 aliphatic carbocycles. The minimum absolute atomic E-state index is 0.0209. The third-order valence-corrected chi connectivity index (χ3v) is 4.58. The van der Waals surface area contributed by atoms with Gasteiger partial charge in [-0.05, 0) is 38.3 Å². The highest BCUT2D eigenvalue weighted by molar-refractivity contribution is 5.82. The molecular weight excluding hydrogens is 238 g/mol. The van der Waals surface area contributed by atoms with E-state index in [1.54, 1.807) is 0 Å². The summed E-state index contributed by atoms with van der Waals surface area (Å²) in [5.74, 6) is 0.311. The highest BCUT2D eigenvalue weighted by atomic mass is 16.2. The second kappa shape index (κ2) is 5.80. The van der Waals surface area contributed by atoms with Crippen LogP contribution in [0.1, 0.15) is 46.0 Å². The molecule has 1 aliphatic heterocycles. The normalized spacial score (nSPS) is 29.8. The van der Waals surface area contributed by atoms with Gasteiger partial charge in [0.2, 0.25) is 5.91 Å². The lowest BCUT2D eigenvalue weighted by Crippen LogP contribution is -2.48. The summed E-state index contributed by atoms with van der Waals surface area (Å²) in [4.78, 5) is 17.2.